The van der Waals surface area contributed by atoms with Crippen LogP contribution in [0.15, 0.2) is 22.7 Å². The molecule has 2 fully saturated rings. The van der Waals surface area contributed by atoms with E-state index in [0.29, 0.717) is 5.56 Å². The van der Waals surface area contributed by atoms with Gasteiger partial charge in [-0.2, -0.15) is 0 Å². The number of primary amides is 1. The second kappa shape index (κ2) is 5.97. The Morgan fingerprint density at radius 2 is 2.05 bits per heavy atom. The van der Waals surface area contributed by atoms with Crippen molar-refractivity contribution in [3.8, 4) is 0 Å². The number of hydrogen-bond acceptors (Lipinski definition) is 3. The minimum absolute atomic E-state index is 0.140. The third-order valence-electron chi connectivity index (χ3n) is 4.84. The zero-order valence-electron chi connectivity index (χ0n) is 12.2. The monoisotopic (exact) mass is 351 g/mol. The number of halogens is 1. The van der Waals surface area contributed by atoms with E-state index in [4.69, 9.17) is 5.73 Å². The van der Waals surface area contributed by atoms with Crippen LogP contribution in [0.4, 0.5) is 5.69 Å². The van der Waals surface area contributed by atoms with E-state index in [1.807, 2.05) is 18.2 Å². The molecule has 114 valence electrons. The Morgan fingerprint density at radius 1 is 1.29 bits per heavy atom. The van der Waals surface area contributed by atoms with Crippen LogP contribution in [-0.2, 0) is 0 Å². The van der Waals surface area contributed by atoms with E-state index in [-0.39, 0.29) is 11.4 Å². The number of anilines is 1. The average molecular weight is 352 g/mol. The fraction of sp³-hybridized carbons (Fsp3) is 0.562. The highest BCUT2D eigenvalue weighted by Gasteiger charge is 2.40. The summed E-state index contributed by atoms with van der Waals surface area (Å²) >= 11 is 3.53. The van der Waals surface area contributed by atoms with Gasteiger partial charge in [-0.25, -0.2) is 0 Å². The quantitative estimate of drug-likeness (QED) is 0.860. The van der Waals surface area contributed by atoms with Gasteiger partial charge in [0.15, 0.2) is 0 Å². The standard InChI is InChI=1S/C16H22BrN3O/c17-12-4-5-13(15(18)21)14(10-12)20-9-8-19-11-16(20)6-2-1-3-7-16/h4-5,10,19H,1-3,6-9,11H2,(H2,18,21). The lowest BCUT2D eigenvalue weighted by molar-refractivity contribution is 0.1000. The number of carbonyl (C=O) groups is 1. The largest absolute Gasteiger partial charge is 0.366 e. The van der Waals surface area contributed by atoms with Crippen LogP contribution >= 0.6 is 15.9 Å². The predicted molar refractivity (Wildman–Crippen MR) is 88.7 cm³/mol. The van der Waals surface area contributed by atoms with Crippen LogP contribution in [0.3, 0.4) is 0 Å². The number of amides is 1. The molecule has 5 heteroatoms. The van der Waals surface area contributed by atoms with Crippen molar-refractivity contribution in [2.45, 2.75) is 37.6 Å². The Labute approximate surface area is 134 Å². The van der Waals surface area contributed by atoms with E-state index in [1.165, 1.54) is 32.1 Å². The van der Waals surface area contributed by atoms with Crippen molar-refractivity contribution in [3.63, 3.8) is 0 Å². The molecule has 0 radical (unpaired) electrons. The van der Waals surface area contributed by atoms with Gasteiger partial charge in [0.1, 0.15) is 0 Å². The van der Waals surface area contributed by atoms with E-state index in [0.717, 1.165) is 29.8 Å². The molecule has 1 amide bonds. The van der Waals surface area contributed by atoms with Crippen LogP contribution in [0.25, 0.3) is 0 Å². The van der Waals surface area contributed by atoms with Crippen LogP contribution in [0.1, 0.15) is 42.5 Å². The van der Waals surface area contributed by atoms with Gasteiger partial charge < -0.3 is 16.0 Å². The molecule has 1 saturated heterocycles. The predicted octanol–water partition coefficient (Wildman–Crippen LogP) is 2.66. The molecule has 0 aromatic heterocycles. The van der Waals surface area contributed by atoms with E-state index >= 15 is 0 Å². The Morgan fingerprint density at radius 3 is 2.76 bits per heavy atom. The van der Waals surface area contributed by atoms with Gasteiger partial charge in [-0.1, -0.05) is 35.2 Å². The van der Waals surface area contributed by atoms with E-state index in [1.54, 1.807) is 0 Å². The topological polar surface area (TPSA) is 58.4 Å². The molecule has 1 aliphatic carbocycles. The van der Waals surface area contributed by atoms with Crippen molar-refractivity contribution in [1.82, 2.24) is 5.32 Å². The van der Waals surface area contributed by atoms with Crippen molar-refractivity contribution in [2.75, 3.05) is 24.5 Å². The highest BCUT2D eigenvalue weighted by molar-refractivity contribution is 9.10. The Kier molecular flexibility index (Phi) is 4.22. The summed E-state index contributed by atoms with van der Waals surface area (Å²) in [5.74, 6) is -0.345. The van der Waals surface area contributed by atoms with Gasteiger partial charge in [-0.05, 0) is 31.0 Å². The van der Waals surface area contributed by atoms with E-state index < -0.39 is 0 Å². The number of rotatable bonds is 2. The van der Waals surface area contributed by atoms with Gasteiger partial charge >= 0.3 is 0 Å². The van der Waals surface area contributed by atoms with Gasteiger partial charge in [-0.3, -0.25) is 4.79 Å². The van der Waals surface area contributed by atoms with E-state index in [9.17, 15) is 4.79 Å². The fourth-order valence-electron chi connectivity index (χ4n) is 3.81. The molecule has 1 aromatic rings. The summed E-state index contributed by atoms with van der Waals surface area (Å²) in [5, 5.41) is 3.54. The molecule has 0 bridgehead atoms. The zero-order chi connectivity index (χ0) is 14.9. The van der Waals surface area contributed by atoms with Crippen LogP contribution in [0.2, 0.25) is 0 Å². The third-order valence-corrected chi connectivity index (χ3v) is 5.33. The number of nitrogens with zero attached hydrogens (tertiary/aromatic N) is 1. The normalized spacial score (nSPS) is 21.5. The molecule has 1 aliphatic heterocycles. The molecule has 2 aliphatic rings. The van der Waals surface area contributed by atoms with Gasteiger partial charge in [0.05, 0.1) is 16.8 Å². The summed E-state index contributed by atoms with van der Waals surface area (Å²) < 4.78 is 0.993. The molecule has 1 aromatic carbocycles. The first-order valence-electron chi connectivity index (χ1n) is 7.70. The Bertz CT molecular complexity index is 532. The van der Waals surface area contributed by atoms with Crippen molar-refractivity contribution in [1.29, 1.82) is 0 Å². The summed E-state index contributed by atoms with van der Waals surface area (Å²) in [5.41, 5.74) is 7.35. The summed E-state index contributed by atoms with van der Waals surface area (Å²) in [4.78, 5) is 14.2. The molecule has 1 saturated carbocycles. The maximum absolute atomic E-state index is 11.8. The number of benzene rings is 1. The van der Waals surface area contributed by atoms with Crippen molar-refractivity contribution >= 4 is 27.5 Å². The van der Waals surface area contributed by atoms with Crippen LogP contribution in [0.5, 0.6) is 0 Å². The summed E-state index contributed by atoms with van der Waals surface area (Å²) in [7, 11) is 0. The lowest BCUT2D eigenvalue weighted by atomic mass is 9.78. The highest BCUT2D eigenvalue weighted by atomic mass is 79.9. The Hall–Kier alpha value is -1.07. The summed E-state index contributed by atoms with van der Waals surface area (Å²) in [6, 6.07) is 5.77. The zero-order valence-corrected chi connectivity index (χ0v) is 13.8. The van der Waals surface area contributed by atoms with E-state index in [2.05, 4.69) is 26.1 Å². The smallest absolute Gasteiger partial charge is 0.250 e. The molecular formula is C16H22BrN3O. The lowest BCUT2D eigenvalue weighted by Gasteiger charge is -2.51. The minimum atomic E-state index is -0.345. The maximum Gasteiger partial charge on any atom is 0.250 e. The fourth-order valence-corrected chi connectivity index (χ4v) is 4.16. The van der Waals surface area contributed by atoms with Crippen LogP contribution in [-0.4, -0.2) is 31.1 Å². The molecule has 0 atom stereocenters. The van der Waals surface area contributed by atoms with Crippen molar-refractivity contribution in [3.05, 3.63) is 28.2 Å². The maximum atomic E-state index is 11.8. The molecule has 21 heavy (non-hydrogen) atoms. The SMILES string of the molecule is NC(=O)c1ccc(Br)cc1N1CCNCC12CCCCC2. The summed E-state index contributed by atoms with van der Waals surface area (Å²) in [6.45, 7) is 2.88. The number of carbonyl (C=O) groups excluding carboxylic acids is 1. The minimum Gasteiger partial charge on any atom is -0.366 e. The number of hydrogen-bond donors (Lipinski definition) is 2. The molecule has 0 unspecified atom stereocenters. The number of nitrogens with one attached hydrogen (secondary N) is 1. The van der Waals surface area contributed by atoms with Gasteiger partial charge in [-0.15, -0.1) is 0 Å². The first-order valence-corrected chi connectivity index (χ1v) is 8.49. The molecule has 4 nitrogen and oxygen atoms in total. The number of nitrogens with two attached hydrogens (primary N) is 1. The lowest BCUT2D eigenvalue weighted by Crippen LogP contribution is -2.62. The highest BCUT2D eigenvalue weighted by Crippen LogP contribution is 2.39. The first kappa shape index (κ1) is 14.9. The van der Waals surface area contributed by atoms with Gasteiger partial charge in [0.2, 0.25) is 0 Å². The van der Waals surface area contributed by atoms with Crippen LogP contribution < -0.4 is 16.0 Å². The second-order valence-corrected chi connectivity index (χ2v) is 7.05. The average Bonchev–Trinajstić information content (AvgIpc) is 2.48. The third kappa shape index (κ3) is 2.81. The molecule has 1 spiro atoms. The molecular weight excluding hydrogens is 330 g/mol. The van der Waals surface area contributed by atoms with Crippen molar-refractivity contribution < 1.29 is 4.79 Å². The second-order valence-electron chi connectivity index (χ2n) is 6.14. The molecule has 3 rings (SSSR count). The Balaban J connectivity index is 2.04. The first-order chi connectivity index (χ1) is 10.1. The molecule has 1 heterocycles. The number of piperazine rings is 1. The summed E-state index contributed by atoms with van der Waals surface area (Å²) in [6.07, 6.45) is 6.21. The van der Waals surface area contributed by atoms with Crippen LogP contribution in [0, 0.1) is 0 Å². The van der Waals surface area contributed by atoms with Gasteiger partial charge in [0.25, 0.3) is 5.91 Å². The van der Waals surface area contributed by atoms with Gasteiger partial charge in [0, 0.05) is 24.1 Å². The molecule has 3 N–H and O–H groups in total. The van der Waals surface area contributed by atoms with Crippen molar-refractivity contribution in [2.24, 2.45) is 5.73 Å².